The van der Waals surface area contributed by atoms with Crippen molar-refractivity contribution in [1.29, 1.82) is 0 Å². The predicted molar refractivity (Wildman–Crippen MR) is 118 cm³/mol. The van der Waals surface area contributed by atoms with Crippen molar-refractivity contribution in [2.45, 2.75) is 21.8 Å². The Kier molecular flexibility index (Phi) is 10.3. The number of rotatable bonds is 3. The fourth-order valence-corrected chi connectivity index (χ4v) is 3.15. The second-order valence-electron chi connectivity index (χ2n) is 5.59. The second-order valence-corrected chi connectivity index (χ2v) is 6.38. The largest absolute Gasteiger partial charge is 0.377 e. The van der Waals surface area contributed by atoms with Crippen LogP contribution in [0.3, 0.4) is 0 Å². The number of nitro benzene ring substituents is 2. The Hall–Kier alpha value is -3.34. The molecule has 0 unspecified atom stereocenters. The van der Waals surface area contributed by atoms with Crippen molar-refractivity contribution < 1.29 is 19.4 Å². The molecule has 0 atom stereocenters. The van der Waals surface area contributed by atoms with Gasteiger partial charge >= 0.3 is 0 Å². The van der Waals surface area contributed by atoms with Crippen LogP contribution in [0, 0.1) is 20.2 Å². The van der Waals surface area contributed by atoms with Crippen molar-refractivity contribution in [3.8, 4) is 0 Å². The molecule has 0 bridgehead atoms. The van der Waals surface area contributed by atoms with E-state index in [2.05, 4.69) is 26.6 Å². The number of nitrogens with zero attached hydrogens (tertiary/aromatic N) is 2. The molecule has 0 radical (unpaired) electrons. The molecule has 3 rings (SSSR count). The van der Waals surface area contributed by atoms with E-state index in [1.165, 1.54) is 31.2 Å². The molecule has 1 aliphatic heterocycles. The Morgan fingerprint density at radius 1 is 0.967 bits per heavy atom. The molecular formula is C19H23BrN4O6. The quantitative estimate of drug-likeness (QED) is 0.369. The Morgan fingerprint density at radius 2 is 1.50 bits per heavy atom. The van der Waals surface area contributed by atoms with Crippen LogP contribution in [0.1, 0.15) is 42.5 Å². The number of ketones is 1. The van der Waals surface area contributed by atoms with Gasteiger partial charge in [-0.3, -0.25) is 29.8 Å². The summed E-state index contributed by atoms with van der Waals surface area (Å²) in [6.45, 7) is 2.32. The SMILES string of the molecule is C.C.CC(=O)c1cccc([N+](=O)[O-])c1Br.O=C1NCCNc2c1cccc2[N+](=O)[O-]. The highest BCUT2D eigenvalue weighted by Crippen LogP contribution is 2.29. The first-order chi connectivity index (χ1) is 13.2. The van der Waals surface area contributed by atoms with E-state index >= 15 is 0 Å². The summed E-state index contributed by atoms with van der Waals surface area (Å²) in [4.78, 5) is 42.7. The molecule has 0 fully saturated rings. The van der Waals surface area contributed by atoms with E-state index < -0.39 is 9.85 Å². The number of hydrogen-bond acceptors (Lipinski definition) is 7. The molecule has 2 aromatic rings. The van der Waals surface area contributed by atoms with Crippen molar-refractivity contribution >= 4 is 44.7 Å². The third-order valence-corrected chi connectivity index (χ3v) is 4.58. The number of nitro groups is 2. The van der Waals surface area contributed by atoms with Crippen LogP contribution in [0.2, 0.25) is 0 Å². The summed E-state index contributed by atoms with van der Waals surface area (Å²) < 4.78 is 0.243. The van der Waals surface area contributed by atoms with Crippen molar-refractivity contribution in [1.82, 2.24) is 5.32 Å². The topological polar surface area (TPSA) is 144 Å². The monoisotopic (exact) mass is 482 g/mol. The van der Waals surface area contributed by atoms with Crippen molar-refractivity contribution in [2.75, 3.05) is 18.4 Å². The van der Waals surface area contributed by atoms with Gasteiger partial charge in [0, 0.05) is 30.8 Å². The van der Waals surface area contributed by atoms with E-state index in [4.69, 9.17) is 0 Å². The van der Waals surface area contributed by atoms with E-state index in [9.17, 15) is 29.8 Å². The standard InChI is InChI=1S/C9H9N3O3.C8H6BrNO3.2CH4/c13-9-6-2-1-3-7(12(14)15)8(6)10-4-5-11-9;1-5(11)6-3-2-4-7(8(6)9)10(12)13;;/h1-3,10H,4-5H2,(H,11,13);2-4H,1H3;2*1H4. The van der Waals surface area contributed by atoms with Gasteiger partial charge in [-0.25, -0.2) is 0 Å². The Morgan fingerprint density at radius 3 is 2.07 bits per heavy atom. The first kappa shape index (κ1) is 26.7. The van der Waals surface area contributed by atoms with E-state index in [1.807, 2.05) is 0 Å². The van der Waals surface area contributed by atoms with Gasteiger partial charge in [-0.05, 0) is 35.0 Å². The normalized spacial score (nSPS) is 11.5. The molecule has 0 saturated heterocycles. The van der Waals surface area contributed by atoms with E-state index in [1.54, 1.807) is 12.1 Å². The fourth-order valence-electron chi connectivity index (χ4n) is 2.46. The number of benzene rings is 2. The zero-order valence-electron chi connectivity index (χ0n) is 14.6. The number of carbonyl (C=O) groups is 2. The maximum absolute atomic E-state index is 11.5. The summed E-state index contributed by atoms with van der Waals surface area (Å²) >= 11 is 3.02. The van der Waals surface area contributed by atoms with Gasteiger partial charge in [-0.1, -0.05) is 27.0 Å². The summed E-state index contributed by atoms with van der Waals surface area (Å²) in [6, 6.07) is 8.82. The van der Waals surface area contributed by atoms with Crippen molar-refractivity contribution in [3.63, 3.8) is 0 Å². The molecule has 162 valence electrons. The van der Waals surface area contributed by atoms with Gasteiger partial charge in [0.15, 0.2) is 5.78 Å². The number of halogens is 1. The minimum absolute atomic E-state index is 0. The first-order valence-electron chi connectivity index (χ1n) is 7.97. The molecule has 1 aliphatic rings. The van der Waals surface area contributed by atoms with Crippen LogP contribution in [0.25, 0.3) is 0 Å². The van der Waals surface area contributed by atoms with Crippen LogP contribution in [-0.4, -0.2) is 34.6 Å². The third-order valence-electron chi connectivity index (χ3n) is 3.75. The number of nitrogens with one attached hydrogen (secondary N) is 2. The maximum Gasteiger partial charge on any atom is 0.293 e. The summed E-state index contributed by atoms with van der Waals surface area (Å²) in [5.41, 5.74) is 0.797. The lowest BCUT2D eigenvalue weighted by Gasteiger charge is -2.05. The highest BCUT2D eigenvalue weighted by Gasteiger charge is 2.23. The van der Waals surface area contributed by atoms with Gasteiger partial charge in [0.2, 0.25) is 0 Å². The van der Waals surface area contributed by atoms with Gasteiger partial charge in [0.05, 0.1) is 15.4 Å². The second kappa shape index (κ2) is 11.6. The highest BCUT2D eigenvalue weighted by atomic mass is 79.9. The van der Waals surface area contributed by atoms with E-state index in [0.29, 0.717) is 29.9 Å². The van der Waals surface area contributed by atoms with Gasteiger partial charge in [0.25, 0.3) is 17.3 Å². The number of Topliss-reactive ketones (excluding diaryl/α,β-unsaturated/α-hetero) is 1. The molecule has 1 amide bonds. The summed E-state index contributed by atoms with van der Waals surface area (Å²) in [7, 11) is 0. The molecule has 1 heterocycles. The first-order valence-corrected chi connectivity index (χ1v) is 8.76. The van der Waals surface area contributed by atoms with Gasteiger partial charge < -0.3 is 10.6 Å². The Balaban J connectivity index is 0.000000531. The van der Waals surface area contributed by atoms with E-state index in [0.717, 1.165) is 0 Å². The van der Waals surface area contributed by atoms with Crippen LogP contribution in [0.4, 0.5) is 17.1 Å². The lowest BCUT2D eigenvalue weighted by molar-refractivity contribution is -0.385. The number of amides is 1. The Bertz CT molecular complexity index is 932. The van der Waals surface area contributed by atoms with Crippen LogP contribution in [0.15, 0.2) is 40.9 Å². The predicted octanol–water partition coefficient (Wildman–Crippen LogP) is 4.58. The van der Waals surface area contributed by atoms with Crippen molar-refractivity contribution in [3.05, 3.63) is 72.2 Å². The molecular weight excluding hydrogens is 460 g/mol. The zero-order valence-corrected chi connectivity index (χ0v) is 16.2. The van der Waals surface area contributed by atoms with Gasteiger partial charge in [-0.2, -0.15) is 0 Å². The number of anilines is 1. The summed E-state index contributed by atoms with van der Waals surface area (Å²) in [6.07, 6.45) is 0. The molecule has 11 heteroatoms. The van der Waals surface area contributed by atoms with Crippen LogP contribution in [-0.2, 0) is 0 Å². The van der Waals surface area contributed by atoms with Crippen LogP contribution in [0.5, 0.6) is 0 Å². The summed E-state index contributed by atoms with van der Waals surface area (Å²) in [5.74, 6) is -0.478. The minimum atomic E-state index is -0.531. The Labute approximate surface area is 182 Å². The number of carbonyl (C=O) groups excluding carboxylic acids is 2. The zero-order chi connectivity index (χ0) is 20.8. The van der Waals surface area contributed by atoms with Crippen LogP contribution >= 0.6 is 15.9 Å². The third kappa shape index (κ3) is 6.08. The van der Waals surface area contributed by atoms with Gasteiger partial charge in [-0.15, -0.1) is 0 Å². The lowest BCUT2D eigenvalue weighted by atomic mass is 10.1. The van der Waals surface area contributed by atoms with Crippen molar-refractivity contribution in [2.24, 2.45) is 0 Å². The smallest absolute Gasteiger partial charge is 0.293 e. The molecule has 30 heavy (non-hydrogen) atoms. The molecule has 0 saturated carbocycles. The van der Waals surface area contributed by atoms with E-state index in [-0.39, 0.29) is 42.4 Å². The van der Waals surface area contributed by atoms with Crippen LogP contribution < -0.4 is 10.6 Å². The molecule has 10 nitrogen and oxygen atoms in total. The van der Waals surface area contributed by atoms with Gasteiger partial charge in [0.1, 0.15) is 10.2 Å². The molecule has 0 aromatic heterocycles. The number of para-hydroxylation sites is 1. The fraction of sp³-hybridized carbons (Fsp3) is 0.263. The molecule has 0 spiro atoms. The summed E-state index contributed by atoms with van der Waals surface area (Å²) in [5, 5.41) is 26.7. The number of hydrogen-bond donors (Lipinski definition) is 2. The molecule has 2 aromatic carbocycles. The lowest BCUT2D eigenvalue weighted by Crippen LogP contribution is -2.24. The molecule has 0 aliphatic carbocycles. The highest BCUT2D eigenvalue weighted by molar-refractivity contribution is 9.10. The number of fused-ring (bicyclic) bond motifs is 1. The average molecular weight is 483 g/mol. The minimum Gasteiger partial charge on any atom is -0.377 e. The molecule has 2 N–H and O–H groups in total. The average Bonchev–Trinajstić information content (AvgIpc) is 2.83. The maximum atomic E-state index is 11.5.